The maximum absolute atomic E-state index is 12.0. The van der Waals surface area contributed by atoms with Crippen molar-refractivity contribution < 1.29 is 23.9 Å². The third-order valence-corrected chi connectivity index (χ3v) is 2.85. The smallest absolute Gasteiger partial charge is 0.331 e. The molecule has 0 aliphatic rings. The first kappa shape index (κ1) is 16.6. The number of unbranched alkanes of at least 4 members (excludes halogenated alkanes) is 1. The molecule has 0 saturated heterocycles. The van der Waals surface area contributed by atoms with E-state index in [1.165, 1.54) is 0 Å². The van der Waals surface area contributed by atoms with Gasteiger partial charge in [-0.05, 0) is 19.8 Å². The van der Waals surface area contributed by atoms with E-state index in [4.69, 9.17) is 4.74 Å². The predicted octanol–water partition coefficient (Wildman–Crippen LogP) is 2.23. The minimum atomic E-state index is -1.35. The lowest BCUT2D eigenvalue weighted by Crippen LogP contribution is -2.42. The number of carbonyl (C=O) groups is 3. The third-order valence-electron chi connectivity index (χ3n) is 2.85. The second-order valence-corrected chi connectivity index (χ2v) is 4.14. The number of rotatable bonds is 7. The molecule has 0 radical (unpaired) electrons. The molecule has 0 aromatic rings. The fourth-order valence-electron chi connectivity index (χ4n) is 1.73. The molecule has 0 N–H and O–H groups in total. The van der Waals surface area contributed by atoms with Crippen molar-refractivity contribution in [3.05, 3.63) is 0 Å². The van der Waals surface area contributed by atoms with E-state index < -0.39 is 23.3 Å². The molecule has 0 aliphatic heterocycles. The Morgan fingerprint density at radius 1 is 1.06 bits per heavy atom. The number of carbonyl (C=O) groups excluding carboxylic acids is 3. The number of hydrogen-bond acceptors (Lipinski definition) is 5. The average molecular weight is 258 g/mol. The summed E-state index contributed by atoms with van der Waals surface area (Å²) in [6.07, 6.45) is 2.14. The van der Waals surface area contributed by atoms with Crippen molar-refractivity contribution >= 4 is 17.9 Å². The van der Waals surface area contributed by atoms with Crippen molar-refractivity contribution in [1.29, 1.82) is 0 Å². The molecule has 0 saturated carbocycles. The van der Waals surface area contributed by atoms with Crippen LogP contribution in [0.25, 0.3) is 0 Å². The van der Waals surface area contributed by atoms with E-state index in [0.717, 1.165) is 13.3 Å². The first-order chi connectivity index (χ1) is 8.44. The summed E-state index contributed by atoms with van der Waals surface area (Å²) >= 11 is 0. The standard InChI is InChI=1S/C13H22O5/c1-5-8-9-13(6-2,11(15)17-7-3)12(16)18-10(4)14/h5-9H2,1-4H3/t13-/m0/s1. The van der Waals surface area contributed by atoms with E-state index in [-0.39, 0.29) is 13.0 Å². The average Bonchev–Trinajstić information content (AvgIpc) is 2.30. The monoisotopic (exact) mass is 258 g/mol. The lowest BCUT2D eigenvalue weighted by atomic mass is 9.80. The summed E-state index contributed by atoms with van der Waals surface area (Å²) < 4.78 is 9.54. The summed E-state index contributed by atoms with van der Waals surface area (Å²) in [4.78, 5) is 34.9. The zero-order chi connectivity index (χ0) is 14.2. The largest absolute Gasteiger partial charge is 0.465 e. The van der Waals surface area contributed by atoms with Crippen molar-refractivity contribution in [2.75, 3.05) is 6.61 Å². The van der Waals surface area contributed by atoms with Crippen molar-refractivity contribution in [3.8, 4) is 0 Å². The first-order valence-corrected chi connectivity index (χ1v) is 6.34. The van der Waals surface area contributed by atoms with Crippen LogP contribution in [0.5, 0.6) is 0 Å². The van der Waals surface area contributed by atoms with Crippen LogP contribution in [-0.4, -0.2) is 24.5 Å². The van der Waals surface area contributed by atoms with Gasteiger partial charge in [-0.25, -0.2) is 0 Å². The van der Waals surface area contributed by atoms with E-state index in [0.29, 0.717) is 12.8 Å². The van der Waals surface area contributed by atoms with Gasteiger partial charge in [0.25, 0.3) is 0 Å². The summed E-state index contributed by atoms with van der Waals surface area (Å²) in [6, 6.07) is 0. The van der Waals surface area contributed by atoms with Gasteiger partial charge >= 0.3 is 17.9 Å². The molecule has 0 fully saturated rings. The minimum Gasteiger partial charge on any atom is -0.465 e. The molecular weight excluding hydrogens is 236 g/mol. The molecule has 0 heterocycles. The van der Waals surface area contributed by atoms with Gasteiger partial charge in [-0.15, -0.1) is 0 Å². The van der Waals surface area contributed by atoms with E-state index in [1.807, 2.05) is 6.92 Å². The molecule has 0 amide bonds. The Kier molecular flexibility index (Phi) is 7.24. The van der Waals surface area contributed by atoms with E-state index >= 15 is 0 Å². The third kappa shape index (κ3) is 4.13. The molecular formula is C13H22O5. The second kappa shape index (κ2) is 7.84. The molecule has 0 spiro atoms. The summed E-state index contributed by atoms with van der Waals surface area (Å²) in [5, 5.41) is 0. The summed E-state index contributed by atoms with van der Waals surface area (Å²) in [6.45, 7) is 6.69. The predicted molar refractivity (Wildman–Crippen MR) is 65.7 cm³/mol. The number of ether oxygens (including phenoxy) is 2. The van der Waals surface area contributed by atoms with Gasteiger partial charge in [-0.1, -0.05) is 26.7 Å². The summed E-state index contributed by atoms with van der Waals surface area (Å²) in [5.74, 6) is -2.12. The van der Waals surface area contributed by atoms with E-state index in [1.54, 1.807) is 13.8 Å². The highest BCUT2D eigenvalue weighted by atomic mass is 16.6. The first-order valence-electron chi connectivity index (χ1n) is 6.34. The van der Waals surface area contributed by atoms with Gasteiger partial charge in [0.2, 0.25) is 0 Å². The maximum atomic E-state index is 12.0. The van der Waals surface area contributed by atoms with Crippen LogP contribution in [-0.2, 0) is 23.9 Å². The topological polar surface area (TPSA) is 69.7 Å². The fraction of sp³-hybridized carbons (Fsp3) is 0.769. The lowest BCUT2D eigenvalue weighted by molar-refractivity contribution is -0.176. The van der Waals surface area contributed by atoms with Gasteiger partial charge in [0, 0.05) is 6.92 Å². The number of esters is 3. The van der Waals surface area contributed by atoms with Gasteiger partial charge < -0.3 is 9.47 Å². The van der Waals surface area contributed by atoms with E-state index in [9.17, 15) is 14.4 Å². The summed E-state index contributed by atoms with van der Waals surface area (Å²) in [5.41, 5.74) is -1.35. The van der Waals surface area contributed by atoms with Crippen molar-refractivity contribution in [2.24, 2.45) is 5.41 Å². The van der Waals surface area contributed by atoms with Crippen molar-refractivity contribution in [3.63, 3.8) is 0 Å². The highest BCUT2D eigenvalue weighted by Gasteiger charge is 2.47. The minimum absolute atomic E-state index is 0.195. The molecule has 0 aromatic carbocycles. The van der Waals surface area contributed by atoms with Gasteiger partial charge in [-0.2, -0.15) is 0 Å². The van der Waals surface area contributed by atoms with Crippen molar-refractivity contribution in [2.45, 2.75) is 53.4 Å². The quantitative estimate of drug-likeness (QED) is 0.517. The molecule has 5 nitrogen and oxygen atoms in total. The van der Waals surface area contributed by atoms with Gasteiger partial charge in [0.1, 0.15) is 0 Å². The molecule has 1 atom stereocenters. The van der Waals surface area contributed by atoms with Crippen LogP contribution in [0.3, 0.4) is 0 Å². The molecule has 18 heavy (non-hydrogen) atoms. The molecule has 0 unspecified atom stereocenters. The van der Waals surface area contributed by atoms with Gasteiger partial charge in [-0.3, -0.25) is 14.4 Å². The molecule has 5 heteroatoms. The van der Waals surface area contributed by atoms with Gasteiger partial charge in [0.15, 0.2) is 5.41 Å². The lowest BCUT2D eigenvalue weighted by Gasteiger charge is -2.27. The Labute approximate surface area is 108 Å². The zero-order valence-electron chi connectivity index (χ0n) is 11.6. The van der Waals surface area contributed by atoms with E-state index in [2.05, 4.69) is 4.74 Å². The van der Waals surface area contributed by atoms with Crippen LogP contribution < -0.4 is 0 Å². The highest BCUT2D eigenvalue weighted by Crippen LogP contribution is 2.32. The molecule has 0 aliphatic carbocycles. The van der Waals surface area contributed by atoms with Crippen LogP contribution in [0.2, 0.25) is 0 Å². The van der Waals surface area contributed by atoms with Crippen LogP contribution in [0.1, 0.15) is 53.4 Å². The highest BCUT2D eigenvalue weighted by molar-refractivity contribution is 6.03. The Morgan fingerprint density at radius 2 is 1.67 bits per heavy atom. The molecule has 0 rings (SSSR count). The van der Waals surface area contributed by atoms with Crippen LogP contribution >= 0.6 is 0 Å². The van der Waals surface area contributed by atoms with Crippen molar-refractivity contribution in [1.82, 2.24) is 0 Å². The van der Waals surface area contributed by atoms with Crippen LogP contribution in [0.4, 0.5) is 0 Å². The zero-order valence-corrected chi connectivity index (χ0v) is 11.6. The summed E-state index contributed by atoms with van der Waals surface area (Å²) in [7, 11) is 0. The second-order valence-electron chi connectivity index (χ2n) is 4.14. The SMILES string of the molecule is CCCC[C@@](CC)(C(=O)OCC)C(=O)OC(C)=O. The molecule has 104 valence electrons. The number of hydrogen-bond donors (Lipinski definition) is 0. The molecule has 0 aromatic heterocycles. The Bertz CT molecular complexity index is 311. The normalized spacial score (nSPS) is 13.6. The van der Waals surface area contributed by atoms with Gasteiger partial charge in [0.05, 0.1) is 6.61 Å². The molecule has 0 bridgehead atoms. The Morgan fingerprint density at radius 3 is 2.06 bits per heavy atom. The maximum Gasteiger partial charge on any atom is 0.331 e. The van der Waals surface area contributed by atoms with Crippen LogP contribution in [0, 0.1) is 5.41 Å². The van der Waals surface area contributed by atoms with Crippen LogP contribution in [0.15, 0.2) is 0 Å². The Balaban J connectivity index is 5.13. The Hall–Kier alpha value is -1.39. The fourth-order valence-corrected chi connectivity index (χ4v) is 1.73.